The molecule has 2 atom stereocenters. The third kappa shape index (κ3) is 3.16. The number of nitrogens with one attached hydrogen (secondary N) is 1. The Morgan fingerprint density at radius 3 is 2.52 bits per heavy atom. The number of carbonyl (C=O) groups is 3. The Labute approximate surface area is 126 Å². The highest BCUT2D eigenvalue weighted by molar-refractivity contribution is 6.30. The Morgan fingerprint density at radius 1 is 1.43 bits per heavy atom. The SMILES string of the molecule is CCC(C(=O)O)N1C(=O)CC(c2ccc(Cl)cc2)NC1=O. The quantitative estimate of drug-likeness (QED) is 0.892. The van der Waals surface area contributed by atoms with E-state index in [4.69, 9.17) is 16.7 Å². The van der Waals surface area contributed by atoms with Gasteiger partial charge in [-0.1, -0.05) is 30.7 Å². The van der Waals surface area contributed by atoms with E-state index in [-0.39, 0.29) is 12.8 Å². The lowest BCUT2D eigenvalue weighted by molar-refractivity contribution is -0.148. The minimum Gasteiger partial charge on any atom is -0.480 e. The molecule has 2 N–H and O–H groups in total. The van der Waals surface area contributed by atoms with Crippen LogP contribution >= 0.6 is 11.6 Å². The van der Waals surface area contributed by atoms with Crippen molar-refractivity contribution in [2.75, 3.05) is 0 Å². The highest BCUT2D eigenvalue weighted by Gasteiger charge is 2.39. The number of hydrogen-bond donors (Lipinski definition) is 2. The molecule has 6 nitrogen and oxygen atoms in total. The number of hydrogen-bond acceptors (Lipinski definition) is 3. The minimum absolute atomic E-state index is 0.0250. The molecule has 0 radical (unpaired) electrons. The molecule has 1 heterocycles. The molecule has 1 saturated heterocycles. The smallest absolute Gasteiger partial charge is 0.326 e. The summed E-state index contributed by atoms with van der Waals surface area (Å²) in [6, 6.07) is 4.52. The number of benzene rings is 1. The van der Waals surface area contributed by atoms with Crippen molar-refractivity contribution in [1.82, 2.24) is 10.2 Å². The third-order valence-electron chi connectivity index (χ3n) is 3.42. The summed E-state index contributed by atoms with van der Waals surface area (Å²) in [6.07, 6.45) is 0.192. The van der Waals surface area contributed by atoms with Crippen molar-refractivity contribution in [3.63, 3.8) is 0 Å². The number of nitrogens with zero attached hydrogens (tertiary/aromatic N) is 1. The van der Waals surface area contributed by atoms with Crippen molar-refractivity contribution >= 4 is 29.5 Å². The van der Waals surface area contributed by atoms with Crippen LogP contribution in [-0.4, -0.2) is 34.0 Å². The Morgan fingerprint density at radius 2 is 2.05 bits per heavy atom. The predicted octanol–water partition coefficient (Wildman–Crippen LogP) is 2.19. The van der Waals surface area contributed by atoms with Crippen LogP contribution in [0.25, 0.3) is 0 Å². The average molecular weight is 311 g/mol. The average Bonchev–Trinajstić information content (AvgIpc) is 2.42. The van der Waals surface area contributed by atoms with Crippen molar-refractivity contribution < 1.29 is 19.5 Å². The lowest BCUT2D eigenvalue weighted by Crippen LogP contribution is -2.57. The van der Waals surface area contributed by atoms with Crippen LogP contribution in [0, 0.1) is 0 Å². The second-order valence-electron chi connectivity index (χ2n) is 4.78. The molecule has 0 bridgehead atoms. The molecule has 0 saturated carbocycles. The molecular formula is C14H15ClN2O4. The Hall–Kier alpha value is -2.08. The van der Waals surface area contributed by atoms with Crippen molar-refractivity contribution in [3.8, 4) is 0 Å². The van der Waals surface area contributed by atoms with Crippen LogP contribution < -0.4 is 5.32 Å². The van der Waals surface area contributed by atoms with Gasteiger partial charge in [0.1, 0.15) is 6.04 Å². The number of halogens is 1. The molecule has 3 amide bonds. The van der Waals surface area contributed by atoms with Gasteiger partial charge in [0.25, 0.3) is 0 Å². The van der Waals surface area contributed by atoms with Gasteiger partial charge in [0.05, 0.1) is 12.5 Å². The summed E-state index contributed by atoms with van der Waals surface area (Å²) in [5.74, 6) is -1.68. The van der Waals surface area contributed by atoms with Gasteiger partial charge in [0.15, 0.2) is 0 Å². The normalized spacial score (nSPS) is 20.1. The van der Waals surface area contributed by atoms with E-state index in [1.165, 1.54) is 0 Å². The highest BCUT2D eigenvalue weighted by Crippen LogP contribution is 2.25. The number of carboxylic acids is 1. The summed E-state index contributed by atoms with van der Waals surface area (Å²) >= 11 is 5.80. The molecule has 1 fully saturated rings. The van der Waals surface area contributed by atoms with Gasteiger partial charge >= 0.3 is 12.0 Å². The van der Waals surface area contributed by atoms with Gasteiger partial charge in [0.2, 0.25) is 5.91 Å². The minimum atomic E-state index is -1.19. The van der Waals surface area contributed by atoms with Gasteiger partial charge in [-0.3, -0.25) is 4.79 Å². The summed E-state index contributed by atoms with van der Waals surface area (Å²) in [7, 11) is 0. The molecule has 1 aromatic rings. The molecule has 0 aliphatic carbocycles. The monoisotopic (exact) mass is 310 g/mol. The number of imide groups is 1. The van der Waals surface area contributed by atoms with E-state index < -0.39 is 30.0 Å². The van der Waals surface area contributed by atoms with Gasteiger partial charge in [-0.05, 0) is 24.1 Å². The summed E-state index contributed by atoms with van der Waals surface area (Å²) in [4.78, 5) is 36.1. The molecule has 2 rings (SSSR count). The van der Waals surface area contributed by atoms with E-state index in [0.29, 0.717) is 5.02 Å². The second-order valence-corrected chi connectivity index (χ2v) is 5.22. The van der Waals surface area contributed by atoms with Gasteiger partial charge in [-0.2, -0.15) is 0 Å². The first-order valence-corrected chi connectivity index (χ1v) is 6.92. The van der Waals surface area contributed by atoms with E-state index >= 15 is 0 Å². The zero-order valence-corrected chi connectivity index (χ0v) is 12.1. The summed E-state index contributed by atoms with van der Waals surface area (Å²) < 4.78 is 0. The van der Waals surface area contributed by atoms with Gasteiger partial charge in [0, 0.05) is 5.02 Å². The molecule has 2 unspecified atom stereocenters. The number of carbonyl (C=O) groups excluding carboxylic acids is 2. The number of urea groups is 1. The van der Waals surface area contributed by atoms with Crippen LogP contribution in [0.15, 0.2) is 24.3 Å². The summed E-state index contributed by atoms with van der Waals surface area (Å²) in [5.41, 5.74) is 0.754. The maximum Gasteiger partial charge on any atom is 0.326 e. The largest absolute Gasteiger partial charge is 0.480 e. The number of carboxylic acid groups (broad SMARTS) is 1. The predicted molar refractivity (Wildman–Crippen MR) is 75.9 cm³/mol. The van der Waals surface area contributed by atoms with Crippen molar-refractivity contribution in [2.24, 2.45) is 0 Å². The van der Waals surface area contributed by atoms with Gasteiger partial charge in [-0.25, -0.2) is 14.5 Å². The van der Waals surface area contributed by atoms with Crippen LogP contribution in [0.1, 0.15) is 31.4 Å². The van der Waals surface area contributed by atoms with Crippen molar-refractivity contribution in [1.29, 1.82) is 0 Å². The number of rotatable bonds is 4. The lowest BCUT2D eigenvalue weighted by Gasteiger charge is -2.34. The first-order valence-electron chi connectivity index (χ1n) is 6.54. The van der Waals surface area contributed by atoms with E-state index in [1.807, 2.05) is 0 Å². The molecular weight excluding hydrogens is 296 g/mol. The Balaban J connectivity index is 2.19. The van der Waals surface area contributed by atoms with Gasteiger partial charge in [-0.15, -0.1) is 0 Å². The zero-order valence-electron chi connectivity index (χ0n) is 11.4. The van der Waals surface area contributed by atoms with E-state index in [0.717, 1.165) is 10.5 Å². The second kappa shape index (κ2) is 6.13. The lowest BCUT2D eigenvalue weighted by atomic mass is 10.0. The maximum atomic E-state index is 12.1. The molecule has 7 heteroatoms. The summed E-state index contributed by atoms with van der Waals surface area (Å²) in [5, 5.41) is 12.3. The molecule has 1 aliphatic heterocycles. The molecule has 0 aromatic heterocycles. The first kappa shape index (κ1) is 15.3. The van der Waals surface area contributed by atoms with Gasteiger partial charge < -0.3 is 10.4 Å². The molecule has 21 heavy (non-hydrogen) atoms. The van der Waals surface area contributed by atoms with Crippen LogP contribution in [0.4, 0.5) is 4.79 Å². The number of aliphatic carboxylic acids is 1. The third-order valence-corrected chi connectivity index (χ3v) is 3.67. The molecule has 1 aromatic carbocycles. The summed E-state index contributed by atoms with van der Waals surface area (Å²) in [6.45, 7) is 1.62. The van der Waals surface area contributed by atoms with Crippen LogP contribution in [0.5, 0.6) is 0 Å². The molecule has 0 spiro atoms. The highest BCUT2D eigenvalue weighted by atomic mass is 35.5. The first-order chi connectivity index (χ1) is 9.93. The zero-order chi connectivity index (χ0) is 15.6. The van der Waals surface area contributed by atoms with Crippen LogP contribution in [0.3, 0.4) is 0 Å². The Bertz CT molecular complexity index is 555. The molecule has 112 valence electrons. The molecule has 1 aliphatic rings. The fourth-order valence-corrected chi connectivity index (χ4v) is 2.46. The van der Waals surface area contributed by atoms with Crippen LogP contribution in [0.2, 0.25) is 5.02 Å². The fraction of sp³-hybridized carbons (Fsp3) is 0.357. The van der Waals surface area contributed by atoms with Crippen molar-refractivity contribution in [2.45, 2.75) is 31.8 Å². The maximum absolute atomic E-state index is 12.1. The van der Waals surface area contributed by atoms with E-state index in [9.17, 15) is 14.4 Å². The fourth-order valence-electron chi connectivity index (χ4n) is 2.34. The Kier molecular flexibility index (Phi) is 4.47. The standard InChI is InChI=1S/C14H15ClN2O4/c1-2-11(13(19)20)17-12(18)7-10(16-14(17)21)8-3-5-9(15)6-4-8/h3-6,10-11H,2,7H2,1H3,(H,16,21)(H,19,20). The van der Waals surface area contributed by atoms with Crippen LogP contribution in [-0.2, 0) is 9.59 Å². The van der Waals surface area contributed by atoms with E-state index in [2.05, 4.69) is 5.32 Å². The number of amides is 3. The van der Waals surface area contributed by atoms with Crippen molar-refractivity contribution in [3.05, 3.63) is 34.9 Å². The topological polar surface area (TPSA) is 86.7 Å². The van der Waals surface area contributed by atoms with E-state index in [1.54, 1.807) is 31.2 Å².